The molecule has 182 valence electrons. The van der Waals surface area contributed by atoms with Crippen molar-refractivity contribution in [3.05, 3.63) is 54.1 Å². The highest BCUT2D eigenvalue weighted by Gasteiger charge is 2.29. The smallest absolute Gasteiger partial charge is 0.243 e. The summed E-state index contributed by atoms with van der Waals surface area (Å²) in [5.41, 5.74) is -0.192. The van der Waals surface area contributed by atoms with Crippen LogP contribution in [0.15, 0.2) is 47.4 Å². The molecule has 0 radical (unpaired) electrons. The lowest BCUT2D eigenvalue weighted by molar-refractivity contribution is -0.121. The molecular formula is C20H25F2N3O6S2. The number of halogens is 2. The summed E-state index contributed by atoms with van der Waals surface area (Å²) in [6.07, 6.45) is 0.849. The summed E-state index contributed by atoms with van der Waals surface area (Å²) in [5.74, 6) is -2.70. The Morgan fingerprint density at radius 1 is 1.03 bits per heavy atom. The molecule has 0 saturated carbocycles. The van der Waals surface area contributed by atoms with Gasteiger partial charge in [-0.05, 0) is 43.3 Å². The normalized spacial score (nSPS) is 12.9. The molecule has 2 aromatic rings. The van der Waals surface area contributed by atoms with Crippen LogP contribution < -0.4 is 14.4 Å². The summed E-state index contributed by atoms with van der Waals surface area (Å²) < 4.78 is 82.5. The Morgan fingerprint density at radius 3 is 2.15 bits per heavy atom. The molecule has 13 heteroatoms. The van der Waals surface area contributed by atoms with Crippen molar-refractivity contribution in [1.29, 1.82) is 0 Å². The van der Waals surface area contributed by atoms with Crippen molar-refractivity contribution in [2.45, 2.75) is 17.9 Å². The van der Waals surface area contributed by atoms with Crippen LogP contribution in [0.25, 0.3) is 0 Å². The molecule has 0 aliphatic heterocycles. The summed E-state index contributed by atoms with van der Waals surface area (Å²) in [7, 11) is -4.72. The number of nitrogens with zero attached hydrogens (tertiary/aromatic N) is 2. The molecule has 9 nitrogen and oxygen atoms in total. The predicted molar refractivity (Wildman–Crippen MR) is 119 cm³/mol. The van der Waals surface area contributed by atoms with Crippen molar-refractivity contribution >= 4 is 31.6 Å². The minimum atomic E-state index is -3.99. The second-order valence-corrected chi connectivity index (χ2v) is 11.2. The highest BCUT2D eigenvalue weighted by Crippen LogP contribution is 2.23. The van der Waals surface area contributed by atoms with Crippen LogP contribution in [0, 0.1) is 11.6 Å². The van der Waals surface area contributed by atoms with E-state index in [9.17, 15) is 30.4 Å². The molecule has 0 aliphatic rings. The molecule has 0 aliphatic carbocycles. The molecule has 1 amide bonds. The summed E-state index contributed by atoms with van der Waals surface area (Å²) in [5, 5.41) is 2.51. The SMILES string of the molecule is CC(C(=O)NCCOc1ccc(S(=O)(=O)N(C)C)cc1)N(c1ccc(F)c(F)c1)S(C)(=O)=O. The van der Waals surface area contributed by atoms with Crippen molar-refractivity contribution < 1.29 is 35.1 Å². The molecule has 1 unspecified atom stereocenters. The van der Waals surface area contributed by atoms with E-state index in [1.165, 1.54) is 45.3 Å². The molecular weight excluding hydrogens is 480 g/mol. The molecule has 1 N–H and O–H groups in total. The molecule has 33 heavy (non-hydrogen) atoms. The number of nitrogens with one attached hydrogen (secondary N) is 1. The maximum Gasteiger partial charge on any atom is 0.243 e. The number of sulfonamides is 2. The lowest BCUT2D eigenvalue weighted by atomic mass is 10.2. The van der Waals surface area contributed by atoms with Crippen LogP contribution in [0.5, 0.6) is 5.75 Å². The third kappa shape index (κ3) is 6.62. The Hall–Kier alpha value is -2.77. The van der Waals surface area contributed by atoms with Crippen LogP contribution in [-0.4, -0.2) is 66.6 Å². The van der Waals surface area contributed by atoms with Crippen molar-refractivity contribution in [3.8, 4) is 5.75 Å². The van der Waals surface area contributed by atoms with Crippen LogP contribution >= 0.6 is 0 Å². The van der Waals surface area contributed by atoms with Crippen LogP contribution in [0.2, 0.25) is 0 Å². The largest absolute Gasteiger partial charge is 0.492 e. The average Bonchev–Trinajstić information content (AvgIpc) is 2.73. The van der Waals surface area contributed by atoms with E-state index in [1.54, 1.807) is 0 Å². The summed E-state index contributed by atoms with van der Waals surface area (Å²) >= 11 is 0. The van der Waals surface area contributed by atoms with Crippen molar-refractivity contribution in [3.63, 3.8) is 0 Å². The van der Waals surface area contributed by atoms with E-state index in [0.29, 0.717) is 16.1 Å². The van der Waals surface area contributed by atoms with Gasteiger partial charge in [-0.2, -0.15) is 0 Å². The van der Waals surface area contributed by atoms with Crippen molar-refractivity contribution in [2.75, 3.05) is 37.8 Å². The highest BCUT2D eigenvalue weighted by molar-refractivity contribution is 7.92. The number of carbonyl (C=O) groups excluding carboxylic acids is 1. The number of benzene rings is 2. The van der Waals surface area contributed by atoms with Gasteiger partial charge in [-0.3, -0.25) is 9.10 Å². The Bertz CT molecular complexity index is 1200. The van der Waals surface area contributed by atoms with E-state index < -0.39 is 43.6 Å². The quantitative estimate of drug-likeness (QED) is 0.491. The lowest BCUT2D eigenvalue weighted by Crippen LogP contribution is -2.48. The van der Waals surface area contributed by atoms with Gasteiger partial charge in [0.05, 0.1) is 23.4 Å². The molecule has 0 saturated heterocycles. The summed E-state index contributed by atoms with van der Waals surface area (Å²) in [6, 6.07) is 6.99. The van der Waals surface area contributed by atoms with Crippen LogP contribution in [0.3, 0.4) is 0 Å². The highest BCUT2D eigenvalue weighted by atomic mass is 32.2. The van der Waals surface area contributed by atoms with Gasteiger partial charge < -0.3 is 10.1 Å². The first-order valence-corrected chi connectivity index (χ1v) is 12.9. The topological polar surface area (TPSA) is 113 Å². The fourth-order valence-electron chi connectivity index (χ4n) is 2.84. The van der Waals surface area contributed by atoms with E-state index in [4.69, 9.17) is 4.74 Å². The fraction of sp³-hybridized carbons (Fsp3) is 0.350. The molecule has 0 aromatic heterocycles. The maximum atomic E-state index is 13.6. The number of hydrogen-bond donors (Lipinski definition) is 1. The van der Waals surface area contributed by atoms with Crippen LogP contribution in [-0.2, 0) is 24.8 Å². The fourth-order valence-corrected chi connectivity index (χ4v) is 4.91. The predicted octanol–water partition coefficient (Wildman–Crippen LogP) is 1.56. The molecule has 2 aromatic carbocycles. The number of ether oxygens (including phenoxy) is 1. The molecule has 1 atom stereocenters. The molecule has 0 fully saturated rings. The van der Waals surface area contributed by atoms with Crippen LogP contribution in [0.4, 0.5) is 14.5 Å². The molecule has 0 spiro atoms. The Morgan fingerprint density at radius 2 is 1.64 bits per heavy atom. The second-order valence-electron chi connectivity index (χ2n) is 7.23. The van der Waals surface area contributed by atoms with Gasteiger partial charge in [0.2, 0.25) is 26.0 Å². The van der Waals surface area contributed by atoms with Gasteiger partial charge in [-0.15, -0.1) is 0 Å². The van der Waals surface area contributed by atoms with E-state index in [1.807, 2.05) is 0 Å². The Kier molecular flexibility index (Phi) is 8.38. The number of carbonyl (C=O) groups is 1. The molecule has 2 rings (SSSR count). The summed E-state index contributed by atoms with van der Waals surface area (Å²) in [6.45, 7) is 1.33. The van der Waals surface area contributed by atoms with E-state index in [-0.39, 0.29) is 23.7 Å². The molecule has 0 heterocycles. The van der Waals surface area contributed by atoms with Gasteiger partial charge in [0.1, 0.15) is 18.4 Å². The standard InChI is InChI=1S/C20H25F2N3O6S2/c1-14(25(32(4,27)28)15-5-10-18(21)19(22)13-15)20(26)23-11-12-31-16-6-8-17(9-7-16)33(29,30)24(2)3/h5-10,13-14H,11-12H2,1-4H3,(H,23,26). The van der Waals surface area contributed by atoms with Gasteiger partial charge in [-0.25, -0.2) is 29.9 Å². The van der Waals surface area contributed by atoms with Gasteiger partial charge in [0.25, 0.3) is 0 Å². The minimum absolute atomic E-state index is 0.0102. The number of rotatable bonds is 10. The third-order valence-corrected chi connectivity index (χ3v) is 7.59. The minimum Gasteiger partial charge on any atom is -0.492 e. The first kappa shape index (κ1) is 26.5. The van der Waals surface area contributed by atoms with Gasteiger partial charge >= 0.3 is 0 Å². The Balaban J connectivity index is 1.98. The zero-order valence-electron chi connectivity index (χ0n) is 18.4. The number of hydrogen-bond acceptors (Lipinski definition) is 6. The van der Waals surface area contributed by atoms with Crippen molar-refractivity contribution in [2.24, 2.45) is 0 Å². The first-order valence-electron chi connectivity index (χ1n) is 9.62. The first-order chi connectivity index (χ1) is 15.2. The van der Waals surface area contributed by atoms with Gasteiger partial charge in [0, 0.05) is 20.2 Å². The van der Waals surface area contributed by atoms with Crippen molar-refractivity contribution in [1.82, 2.24) is 9.62 Å². The van der Waals surface area contributed by atoms with Gasteiger partial charge in [0.15, 0.2) is 11.6 Å². The summed E-state index contributed by atoms with van der Waals surface area (Å²) in [4.78, 5) is 12.6. The monoisotopic (exact) mass is 505 g/mol. The molecule has 0 bridgehead atoms. The van der Waals surface area contributed by atoms with Crippen LogP contribution in [0.1, 0.15) is 6.92 Å². The van der Waals surface area contributed by atoms with Gasteiger partial charge in [-0.1, -0.05) is 0 Å². The van der Waals surface area contributed by atoms with E-state index in [2.05, 4.69) is 5.32 Å². The van der Waals surface area contributed by atoms with E-state index in [0.717, 1.165) is 22.7 Å². The average molecular weight is 506 g/mol. The third-order valence-electron chi connectivity index (χ3n) is 4.52. The zero-order valence-corrected chi connectivity index (χ0v) is 20.1. The maximum absolute atomic E-state index is 13.6. The Labute approximate surface area is 192 Å². The number of amides is 1. The lowest BCUT2D eigenvalue weighted by Gasteiger charge is -2.28. The number of anilines is 1. The second kappa shape index (κ2) is 10.4. The zero-order chi connectivity index (χ0) is 25.0. The van der Waals surface area contributed by atoms with E-state index >= 15 is 0 Å².